The number of hydrogen-bond acceptors (Lipinski definition) is 2. The highest BCUT2D eigenvalue weighted by molar-refractivity contribution is 5.94. The molecule has 1 aliphatic carbocycles. The second kappa shape index (κ2) is 4.41. The number of alkyl halides is 2. The minimum atomic E-state index is -3.10. The Balaban J connectivity index is 2.01. The average Bonchev–Trinajstić information content (AvgIpc) is 2.57. The van der Waals surface area contributed by atoms with Crippen molar-refractivity contribution in [1.29, 1.82) is 0 Å². The van der Waals surface area contributed by atoms with E-state index in [1.165, 1.54) is 0 Å². The number of hydrogen-bond donors (Lipinski definition) is 2. The summed E-state index contributed by atoms with van der Waals surface area (Å²) in [6.07, 6.45) is -2.10. The van der Waals surface area contributed by atoms with E-state index in [2.05, 4.69) is 5.32 Å². The molecule has 3 nitrogen and oxygen atoms in total. The first-order chi connectivity index (χ1) is 8.00. The number of aliphatic hydroxyl groups excluding tert-OH is 1. The van der Waals surface area contributed by atoms with E-state index in [4.69, 9.17) is 0 Å². The molecule has 0 saturated heterocycles. The summed E-state index contributed by atoms with van der Waals surface area (Å²) in [6.45, 7) is 0. The van der Waals surface area contributed by atoms with Gasteiger partial charge in [0.25, 0.3) is 11.8 Å². The van der Waals surface area contributed by atoms with Crippen molar-refractivity contribution in [3.05, 3.63) is 35.9 Å². The smallest absolute Gasteiger partial charge is 0.275 e. The molecule has 0 bridgehead atoms. The molecule has 92 valence electrons. The Morgan fingerprint density at radius 1 is 1.35 bits per heavy atom. The van der Waals surface area contributed by atoms with Crippen molar-refractivity contribution < 1.29 is 18.7 Å². The van der Waals surface area contributed by atoms with E-state index in [0.717, 1.165) is 0 Å². The number of carbonyl (C=O) groups is 1. The topological polar surface area (TPSA) is 49.3 Å². The molecule has 0 radical (unpaired) electrons. The monoisotopic (exact) mass is 241 g/mol. The quantitative estimate of drug-likeness (QED) is 0.825. The lowest BCUT2D eigenvalue weighted by atomic mass is 10.1. The number of halogens is 2. The van der Waals surface area contributed by atoms with Crippen LogP contribution in [0.15, 0.2) is 30.3 Å². The van der Waals surface area contributed by atoms with E-state index in [-0.39, 0.29) is 6.42 Å². The molecular weight excluding hydrogens is 228 g/mol. The summed E-state index contributed by atoms with van der Waals surface area (Å²) in [4.78, 5) is 11.7. The number of rotatable bonds is 2. The van der Waals surface area contributed by atoms with Crippen molar-refractivity contribution in [1.82, 2.24) is 5.32 Å². The zero-order valence-corrected chi connectivity index (χ0v) is 9.07. The maximum absolute atomic E-state index is 13.0. The van der Waals surface area contributed by atoms with E-state index in [9.17, 15) is 18.7 Å². The second-order valence-corrected chi connectivity index (χ2v) is 4.19. The van der Waals surface area contributed by atoms with E-state index in [0.29, 0.717) is 5.56 Å². The lowest BCUT2D eigenvalue weighted by molar-refractivity contribution is -0.0911. The van der Waals surface area contributed by atoms with Gasteiger partial charge < -0.3 is 10.4 Å². The number of amides is 1. The standard InChI is InChI=1S/C12H13F2NO2/c13-12(14)7-6-9(10(12)16)15-11(17)8-4-2-1-3-5-8/h1-5,9-10,16H,6-7H2,(H,15,17)/t9-,10+/m0/s1. The van der Waals surface area contributed by atoms with Crippen molar-refractivity contribution in [2.24, 2.45) is 0 Å². The minimum Gasteiger partial charge on any atom is -0.385 e. The van der Waals surface area contributed by atoms with Crippen LogP contribution in [0, 0.1) is 0 Å². The van der Waals surface area contributed by atoms with Crippen LogP contribution in [0.25, 0.3) is 0 Å². The largest absolute Gasteiger partial charge is 0.385 e. The summed E-state index contributed by atoms with van der Waals surface area (Å²) in [6, 6.07) is 7.44. The molecule has 2 N–H and O–H groups in total. The molecule has 2 rings (SSSR count). The summed E-state index contributed by atoms with van der Waals surface area (Å²) in [5.74, 6) is -3.54. The Labute approximate surface area is 97.5 Å². The third-order valence-electron chi connectivity index (χ3n) is 2.95. The van der Waals surface area contributed by atoms with E-state index in [1.54, 1.807) is 30.3 Å². The molecule has 17 heavy (non-hydrogen) atoms. The summed E-state index contributed by atoms with van der Waals surface area (Å²) in [5, 5.41) is 11.8. The van der Waals surface area contributed by atoms with Crippen molar-refractivity contribution in [3.8, 4) is 0 Å². The molecule has 0 aromatic heterocycles. The van der Waals surface area contributed by atoms with Crippen LogP contribution in [-0.2, 0) is 0 Å². The maximum Gasteiger partial charge on any atom is 0.275 e. The molecule has 0 aliphatic heterocycles. The van der Waals surface area contributed by atoms with Crippen molar-refractivity contribution >= 4 is 5.91 Å². The zero-order chi connectivity index (χ0) is 12.5. The van der Waals surface area contributed by atoms with Crippen LogP contribution >= 0.6 is 0 Å². The third-order valence-corrected chi connectivity index (χ3v) is 2.95. The molecule has 0 spiro atoms. The van der Waals surface area contributed by atoms with Gasteiger partial charge in [0.05, 0.1) is 6.04 Å². The zero-order valence-electron chi connectivity index (χ0n) is 9.07. The van der Waals surface area contributed by atoms with Gasteiger partial charge in [0.2, 0.25) is 0 Å². The highest BCUT2D eigenvalue weighted by Gasteiger charge is 2.49. The SMILES string of the molecule is O=C(N[C@H]1CCC(F)(F)[C@@H]1O)c1ccccc1. The van der Waals surface area contributed by atoms with Gasteiger partial charge >= 0.3 is 0 Å². The lowest BCUT2D eigenvalue weighted by Crippen LogP contribution is -2.45. The minimum absolute atomic E-state index is 0.0900. The number of benzene rings is 1. The van der Waals surface area contributed by atoms with Crippen molar-refractivity contribution in [3.63, 3.8) is 0 Å². The van der Waals surface area contributed by atoms with Gasteiger partial charge in [-0.3, -0.25) is 4.79 Å². The molecule has 0 heterocycles. The molecule has 1 amide bonds. The molecule has 1 aliphatic rings. The van der Waals surface area contributed by atoms with Crippen LogP contribution in [0.4, 0.5) is 8.78 Å². The first kappa shape index (κ1) is 12.0. The Hall–Kier alpha value is -1.49. The predicted molar refractivity (Wildman–Crippen MR) is 57.9 cm³/mol. The van der Waals surface area contributed by atoms with Gasteiger partial charge in [-0.2, -0.15) is 0 Å². The summed E-state index contributed by atoms with van der Waals surface area (Å²) in [5.41, 5.74) is 0.398. The molecule has 2 atom stereocenters. The molecule has 1 saturated carbocycles. The fourth-order valence-corrected chi connectivity index (χ4v) is 1.94. The first-order valence-corrected chi connectivity index (χ1v) is 5.42. The van der Waals surface area contributed by atoms with E-state index in [1.807, 2.05) is 0 Å². The summed E-state index contributed by atoms with van der Waals surface area (Å²) >= 11 is 0. The van der Waals surface area contributed by atoms with Gasteiger partial charge in [-0.25, -0.2) is 8.78 Å². The molecule has 1 fully saturated rings. The van der Waals surface area contributed by atoms with Gasteiger partial charge in [-0.15, -0.1) is 0 Å². The van der Waals surface area contributed by atoms with Crippen LogP contribution < -0.4 is 5.32 Å². The van der Waals surface area contributed by atoms with Crippen LogP contribution in [0.2, 0.25) is 0 Å². The van der Waals surface area contributed by atoms with Crippen molar-refractivity contribution in [2.75, 3.05) is 0 Å². The normalized spacial score (nSPS) is 26.8. The summed E-state index contributed by atoms with van der Waals surface area (Å²) in [7, 11) is 0. The maximum atomic E-state index is 13.0. The fraction of sp³-hybridized carbons (Fsp3) is 0.417. The average molecular weight is 241 g/mol. The Kier molecular flexibility index (Phi) is 3.11. The number of carbonyl (C=O) groups excluding carboxylic acids is 1. The first-order valence-electron chi connectivity index (χ1n) is 5.42. The van der Waals surface area contributed by atoms with Gasteiger partial charge in [0, 0.05) is 12.0 Å². The van der Waals surface area contributed by atoms with Crippen LogP contribution in [0.3, 0.4) is 0 Å². The van der Waals surface area contributed by atoms with Crippen molar-refractivity contribution in [2.45, 2.75) is 30.9 Å². The third kappa shape index (κ3) is 2.44. The van der Waals surface area contributed by atoms with E-state index < -0.39 is 30.4 Å². The Morgan fingerprint density at radius 2 is 2.00 bits per heavy atom. The fourth-order valence-electron chi connectivity index (χ4n) is 1.94. The highest BCUT2D eigenvalue weighted by Crippen LogP contribution is 2.35. The Morgan fingerprint density at radius 3 is 2.53 bits per heavy atom. The highest BCUT2D eigenvalue weighted by atomic mass is 19.3. The van der Waals surface area contributed by atoms with Gasteiger partial charge in [-0.1, -0.05) is 18.2 Å². The molecular formula is C12H13F2NO2. The van der Waals surface area contributed by atoms with E-state index >= 15 is 0 Å². The predicted octanol–water partition coefficient (Wildman–Crippen LogP) is 1.57. The molecule has 5 heteroatoms. The van der Waals surface area contributed by atoms with Gasteiger partial charge in [-0.05, 0) is 18.6 Å². The second-order valence-electron chi connectivity index (χ2n) is 4.19. The van der Waals surface area contributed by atoms with Crippen LogP contribution in [0.5, 0.6) is 0 Å². The molecule has 1 aromatic carbocycles. The molecule has 0 unspecified atom stereocenters. The number of aliphatic hydroxyl groups is 1. The lowest BCUT2D eigenvalue weighted by Gasteiger charge is -2.19. The number of nitrogens with one attached hydrogen (secondary N) is 1. The van der Waals surface area contributed by atoms with Gasteiger partial charge in [0.15, 0.2) is 0 Å². The van der Waals surface area contributed by atoms with Gasteiger partial charge in [0.1, 0.15) is 6.10 Å². The Bertz CT molecular complexity index is 408. The van der Waals surface area contributed by atoms with Crippen LogP contribution in [0.1, 0.15) is 23.2 Å². The molecule has 1 aromatic rings. The summed E-state index contributed by atoms with van der Waals surface area (Å²) < 4.78 is 26.1. The van der Waals surface area contributed by atoms with Crippen LogP contribution in [-0.4, -0.2) is 29.1 Å².